The second kappa shape index (κ2) is 7.08. The first-order chi connectivity index (χ1) is 11.5. The van der Waals surface area contributed by atoms with E-state index >= 15 is 0 Å². The predicted octanol–water partition coefficient (Wildman–Crippen LogP) is 0.903. The molecule has 0 saturated carbocycles. The van der Waals surface area contributed by atoms with Crippen molar-refractivity contribution in [3.63, 3.8) is 0 Å². The first kappa shape index (κ1) is 17.2. The second-order valence-corrected chi connectivity index (χ2v) is 6.38. The first-order valence-corrected chi connectivity index (χ1v) is 8.35. The van der Waals surface area contributed by atoms with Crippen LogP contribution in [0.2, 0.25) is 5.28 Å². The number of aromatic nitrogens is 4. The number of likely N-dealkylation sites (N-methyl/N-ethyl adjacent to an activating group) is 1. The van der Waals surface area contributed by atoms with Gasteiger partial charge in [-0.15, -0.1) is 0 Å². The van der Waals surface area contributed by atoms with Crippen molar-refractivity contribution in [2.75, 3.05) is 33.9 Å². The number of fused-ring (bicyclic) bond motifs is 1. The molecule has 0 amide bonds. The van der Waals surface area contributed by atoms with Gasteiger partial charge in [-0.1, -0.05) is 0 Å². The normalized spacial score (nSPS) is 18.6. The summed E-state index contributed by atoms with van der Waals surface area (Å²) in [7, 11) is 5.35. The van der Waals surface area contributed by atoms with Crippen molar-refractivity contribution in [3.05, 3.63) is 15.8 Å². The molecule has 0 bridgehead atoms. The zero-order chi connectivity index (χ0) is 17.3. The molecule has 0 radical (unpaired) electrons. The molecule has 0 spiro atoms. The monoisotopic (exact) mass is 355 g/mol. The molecule has 0 unspecified atom stereocenters. The van der Waals surface area contributed by atoms with Gasteiger partial charge in [0.05, 0.1) is 13.2 Å². The van der Waals surface area contributed by atoms with Crippen LogP contribution in [0.1, 0.15) is 12.8 Å². The average molecular weight is 356 g/mol. The predicted molar refractivity (Wildman–Crippen MR) is 90.8 cm³/mol. The van der Waals surface area contributed by atoms with Gasteiger partial charge < -0.3 is 14.4 Å². The minimum atomic E-state index is -0.193. The summed E-state index contributed by atoms with van der Waals surface area (Å²) in [5, 5.41) is 0.0639. The van der Waals surface area contributed by atoms with E-state index in [-0.39, 0.29) is 11.0 Å². The van der Waals surface area contributed by atoms with Crippen LogP contribution in [0, 0.1) is 0 Å². The van der Waals surface area contributed by atoms with Gasteiger partial charge in [0.15, 0.2) is 11.2 Å². The smallest absolute Gasteiger partial charge is 0.330 e. The highest BCUT2D eigenvalue weighted by Gasteiger charge is 2.24. The number of hydrogen-bond donors (Lipinski definition) is 0. The molecule has 1 saturated heterocycles. The van der Waals surface area contributed by atoms with Crippen LogP contribution in [0.15, 0.2) is 4.79 Å². The van der Waals surface area contributed by atoms with Gasteiger partial charge >= 0.3 is 5.69 Å². The van der Waals surface area contributed by atoms with Crippen molar-refractivity contribution in [2.45, 2.75) is 25.4 Å². The van der Waals surface area contributed by atoms with E-state index in [1.54, 1.807) is 14.2 Å². The molecule has 0 aromatic carbocycles. The van der Waals surface area contributed by atoms with E-state index in [0.717, 1.165) is 19.4 Å². The highest BCUT2D eigenvalue weighted by molar-refractivity contribution is 6.28. The molecule has 24 heavy (non-hydrogen) atoms. The summed E-state index contributed by atoms with van der Waals surface area (Å²) in [5.74, 6) is 0.348. The van der Waals surface area contributed by atoms with Crippen molar-refractivity contribution in [2.24, 2.45) is 7.05 Å². The van der Waals surface area contributed by atoms with Crippen LogP contribution in [0.5, 0.6) is 5.88 Å². The zero-order valence-electron chi connectivity index (χ0n) is 14.2. The number of hydrogen-bond acceptors (Lipinski definition) is 6. The lowest BCUT2D eigenvalue weighted by Gasteiger charge is -2.19. The van der Waals surface area contributed by atoms with Crippen LogP contribution in [0.3, 0.4) is 0 Å². The summed E-state index contributed by atoms with van der Waals surface area (Å²) in [6.45, 7) is 2.38. The maximum Gasteiger partial charge on any atom is 0.330 e. The van der Waals surface area contributed by atoms with Crippen molar-refractivity contribution in [3.8, 4) is 5.88 Å². The van der Waals surface area contributed by atoms with Gasteiger partial charge in [0.1, 0.15) is 6.61 Å². The van der Waals surface area contributed by atoms with E-state index in [2.05, 4.69) is 21.9 Å². The Morgan fingerprint density at radius 2 is 2.12 bits per heavy atom. The molecular formula is C15H22ClN5O3. The van der Waals surface area contributed by atoms with Crippen LogP contribution in [-0.4, -0.2) is 64.0 Å². The highest BCUT2D eigenvalue weighted by atomic mass is 35.5. The molecule has 132 valence electrons. The van der Waals surface area contributed by atoms with E-state index in [1.165, 1.54) is 9.13 Å². The van der Waals surface area contributed by atoms with Crippen LogP contribution in [-0.2, 0) is 18.3 Å². The second-order valence-electron chi connectivity index (χ2n) is 6.04. The number of methoxy groups -OCH3 is 1. The maximum atomic E-state index is 12.5. The first-order valence-electron chi connectivity index (χ1n) is 7.97. The molecule has 0 aliphatic carbocycles. The van der Waals surface area contributed by atoms with Crippen LogP contribution < -0.4 is 10.4 Å². The van der Waals surface area contributed by atoms with E-state index in [4.69, 9.17) is 21.1 Å². The summed E-state index contributed by atoms with van der Waals surface area (Å²) in [4.78, 5) is 23.1. The third-order valence-electron chi connectivity index (χ3n) is 4.52. The molecular weight excluding hydrogens is 334 g/mol. The molecule has 3 heterocycles. The Morgan fingerprint density at radius 1 is 1.33 bits per heavy atom. The summed E-state index contributed by atoms with van der Waals surface area (Å²) < 4.78 is 14.0. The van der Waals surface area contributed by atoms with E-state index in [9.17, 15) is 4.79 Å². The largest absolute Gasteiger partial charge is 0.474 e. The molecule has 9 heteroatoms. The molecule has 0 N–H and O–H groups in total. The summed E-state index contributed by atoms with van der Waals surface area (Å²) in [6.07, 6.45) is 2.25. The molecule has 3 rings (SSSR count). The third kappa shape index (κ3) is 3.13. The van der Waals surface area contributed by atoms with E-state index < -0.39 is 0 Å². The lowest BCUT2D eigenvalue weighted by Crippen LogP contribution is -2.30. The Bertz CT molecular complexity index is 787. The van der Waals surface area contributed by atoms with Crippen LogP contribution in [0.25, 0.3) is 11.2 Å². The number of ether oxygens (including phenoxy) is 2. The number of halogens is 1. The summed E-state index contributed by atoms with van der Waals surface area (Å²) in [5.41, 5.74) is 0.830. The molecule has 2 aromatic rings. The molecule has 1 atom stereocenters. The standard InChI is InChI=1S/C15H22ClN5O3/c1-19-6-4-5-10(19)9-24-13-11-12(17-14(16)18-13)21(7-8-23-3)15(22)20(11)2/h10H,4-9H2,1-3H3/t10-/m0/s1. The molecule has 1 aliphatic heterocycles. The number of likely N-dealkylation sites (tertiary alicyclic amines) is 1. The Morgan fingerprint density at radius 3 is 2.79 bits per heavy atom. The van der Waals surface area contributed by atoms with E-state index in [1.807, 2.05) is 0 Å². The van der Waals surface area contributed by atoms with Gasteiger partial charge in [0, 0.05) is 20.2 Å². The minimum absolute atomic E-state index is 0.0639. The fourth-order valence-electron chi connectivity index (χ4n) is 3.10. The highest BCUT2D eigenvalue weighted by Crippen LogP contribution is 2.24. The van der Waals surface area contributed by atoms with Gasteiger partial charge in [0.25, 0.3) is 0 Å². The Labute approximate surface area is 144 Å². The number of imidazole rings is 1. The SMILES string of the molecule is COCCn1c(=O)n(C)c2c(OC[C@@H]3CCCN3C)nc(Cl)nc21. The Kier molecular flexibility index (Phi) is 5.07. The fourth-order valence-corrected chi connectivity index (χ4v) is 3.25. The fraction of sp³-hybridized carbons (Fsp3) is 0.667. The van der Waals surface area contributed by atoms with Crippen molar-refractivity contribution >= 4 is 22.8 Å². The van der Waals surface area contributed by atoms with Gasteiger partial charge in [-0.2, -0.15) is 9.97 Å². The van der Waals surface area contributed by atoms with Gasteiger partial charge in [-0.05, 0) is 38.0 Å². The maximum absolute atomic E-state index is 12.5. The lowest BCUT2D eigenvalue weighted by atomic mass is 10.2. The number of aryl methyl sites for hydroxylation is 1. The molecule has 2 aromatic heterocycles. The number of rotatable bonds is 6. The Hall–Kier alpha value is -1.64. The molecule has 1 aliphatic rings. The average Bonchev–Trinajstić information content (AvgIpc) is 3.06. The molecule has 8 nitrogen and oxygen atoms in total. The van der Waals surface area contributed by atoms with Crippen LogP contribution in [0.4, 0.5) is 0 Å². The minimum Gasteiger partial charge on any atom is -0.474 e. The quantitative estimate of drug-likeness (QED) is 0.717. The molecule has 1 fully saturated rings. The van der Waals surface area contributed by atoms with Gasteiger partial charge in [-0.3, -0.25) is 9.13 Å². The van der Waals surface area contributed by atoms with Crippen molar-refractivity contribution in [1.29, 1.82) is 0 Å². The zero-order valence-corrected chi connectivity index (χ0v) is 14.9. The van der Waals surface area contributed by atoms with Gasteiger partial charge in [-0.25, -0.2) is 4.79 Å². The van der Waals surface area contributed by atoms with Gasteiger partial charge in [0.2, 0.25) is 11.2 Å². The summed E-state index contributed by atoms with van der Waals surface area (Å²) >= 11 is 6.05. The lowest BCUT2D eigenvalue weighted by molar-refractivity contribution is 0.187. The topological polar surface area (TPSA) is 74.4 Å². The Balaban J connectivity index is 1.96. The van der Waals surface area contributed by atoms with Crippen molar-refractivity contribution in [1.82, 2.24) is 24.0 Å². The summed E-state index contributed by atoms with van der Waals surface area (Å²) in [6, 6.07) is 0.349. The number of nitrogens with zero attached hydrogens (tertiary/aromatic N) is 5. The third-order valence-corrected chi connectivity index (χ3v) is 4.69. The van der Waals surface area contributed by atoms with Crippen LogP contribution >= 0.6 is 11.6 Å². The van der Waals surface area contributed by atoms with Crippen molar-refractivity contribution < 1.29 is 9.47 Å². The van der Waals surface area contributed by atoms with E-state index in [0.29, 0.717) is 42.8 Å².